The summed E-state index contributed by atoms with van der Waals surface area (Å²) in [6, 6.07) is 0.444. The van der Waals surface area contributed by atoms with Crippen LogP contribution in [0.1, 0.15) is 32.1 Å². The van der Waals surface area contributed by atoms with Crippen molar-refractivity contribution in [1.82, 2.24) is 10.2 Å². The highest BCUT2D eigenvalue weighted by Gasteiger charge is 2.27. The monoisotopic (exact) mass is 211 g/mol. The topological polar surface area (TPSA) is 58.4 Å². The van der Waals surface area contributed by atoms with Gasteiger partial charge in [-0.15, -0.1) is 0 Å². The van der Waals surface area contributed by atoms with Crippen LogP contribution in [0.2, 0.25) is 0 Å². The molecule has 1 atom stereocenters. The lowest BCUT2D eigenvalue weighted by Crippen LogP contribution is -2.44. The number of nitrogens with two attached hydrogens (primary N) is 1. The van der Waals surface area contributed by atoms with Gasteiger partial charge < -0.3 is 16.0 Å². The molecule has 1 saturated carbocycles. The third-order valence-corrected chi connectivity index (χ3v) is 3.29. The molecule has 1 unspecified atom stereocenters. The van der Waals surface area contributed by atoms with Crippen LogP contribution in [0.15, 0.2) is 0 Å². The largest absolute Gasteiger partial charge is 0.368 e. The highest BCUT2D eigenvalue weighted by molar-refractivity contribution is 5.79. The molecule has 0 aromatic carbocycles. The minimum absolute atomic E-state index is 0.113. The molecule has 0 bridgehead atoms. The average Bonchev–Trinajstić information content (AvgIpc) is 2.87. The van der Waals surface area contributed by atoms with Crippen molar-refractivity contribution in [3.8, 4) is 0 Å². The molecule has 2 aliphatic rings. The van der Waals surface area contributed by atoms with Crippen LogP contribution in [-0.4, -0.2) is 42.5 Å². The molecule has 0 aromatic heterocycles. The summed E-state index contributed by atoms with van der Waals surface area (Å²) in [6.45, 7) is 3.39. The van der Waals surface area contributed by atoms with Crippen LogP contribution >= 0.6 is 0 Å². The summed E-state index contributed by atoms with van der Waals surface area (Å²) in [5.74, 6) is -0.193. The Morgan fingerprint density at radius 1 is 1.40 bits per heavy atom. The van der Waals surface area contributed by atoms with Crippen molar-refractivity contribution >= 4 is 5.91 Å². The zero-order valence-electron chi connectivity index (χ0n) is 9.24. The standard InChI is InChI=1S/C11H21N3O/c12-11(15)10(13-9-3-4-9)5-8-14-6-1-2-7-14/h9-10,13H,1-8H2,(H2,12,15). The Hall–Kier alpha value is -0.610. The fourth-order valence-corrected chi connectivity index (χ4v) is 2.16. The van der Waals surface area contributed by atoms with E-state index in [-0.39, 0.29) is 11.9 Å². The minimum Gasteiger partial charge on any atom is -0.368 e. The Morgan fingerprint density at radius 2 is 2.07 bits per heavy atom. The van der Waals surface area contributed by atoms with E-state index in [1.165, 1.54) is 38.8 Å². The minimum atomic E-state index is -0.193. The number of rotatable bonds is 6. The molecule has 4 nitrogen and oxygen atoms in total. The van der Waals surface area contributed by atoms with Crippen LogP contribution in [0.25, 0.3) is 0 Å². The number of hydrogen-bond donors (Lipinski definition) is 2. The van der Waals surface area contributed by atoms with Gasteiger partial charge in [0, 0.05) is 12.6 Å². The van der Waals surface area contributed by atoms with E-state index >= 15 is 0 Å². The lowest BCUT2D eigenvalue weighted by molar-refractivity contribution is -0.120. The van der Waals surface area contributed by atoms with Crippen molar-refractivity contribution in [2.75, 3.05) is 19.6 Å². The third kappa shape index (κ3) is 3.47. The van der Waals surface area contributed by atoms with Gasteiger partial charge >= 0.3 is 0 Å². The molecule has 4 heteroatoms. The maximum Gasteiger partial charge on any atom is 0.234 e. The number of carbonyl (C=O) groups excluding carboxylic acids is 1. The Balaban J connectivity index is 1.70. The summed E-state index contributed by atoms with van der Waals surface area (Å²) < 4.78 is 0. The van der Waals surface area contributed by atoms with Crippen molar-refractivity contribution in [3.63, 3.8) is 0 Å². The van der Waals surface area contributed by atoms with Gasteiger partial charge in [-0.3, -0.25) is 4.79 Å². The summed E-state index contributed by atoms with van der Waals surface area (Å²) in [7, 11) is 0. The first-order valence-corrected chi connectivity index (χ1v) is 6.03. The summed E-state index contributed by atoms with van der Waals surface area (Å²) in [6.07, 6.45) is 5.88. The molecule has 3 N–H and O–H groups in total. The molecule has 1 aliphatic heterocycles. The second kappa shape index (κ2) is 4.94. The van der Waals surface area contributed by atoms with Crippen LogP contribution in [0.5, 0.6) is 0 Å². The fourth-order valence-electron chi connectivity index (χ4n) is 2.16. The Morgan fingerprint density at radius 3 is 2.60 bits per heavy atom. The van der Waals surface area contributed by atoms with E-state index in [0.717, 1.165) is 13.0 Å². The number of primary amides is 1. The van der Waals surface area contributed by atoms with E-state index in [0.29, 0.717) is 6.04 Å². The van der Waals surface area contributed by atoms with Crippen molar-refractivity contribution in [3.05, 3.63) is 0 Å². The van der Waals surface area contributed by atoms with Gasteiger partial charge in [-0.1, -0.05) is 0 Å². The number of carbonyl (C=O) groups is 1. The summed E-state index contributed by atoms with van der Waals surface area (Å²) in [4.78, 5) is 13.6. The van der Waals surface area contributed by atoms with E-state index in [2.05, 4.69) is 10.2 Å². The van der Waals surface area contributed by atoms with E-state index in [9.17, 15) is 4.79 Å². The summed E-state index contributed by atoms with van der Waals surface area (Å²) in [5.41, 5.74) is 5.38. The van der Waals surface area contributed by atoms with Gasteiger partial charge in [0.05, 0.1) is 6.04 Å². The van der Waals surface area contributed by atoms with Gasteiger partial charge in [-0.25, -0.2) is 0 Å². The van der Waals surface area contributed by atoms with Gasteiger partial charge in [-0.2, -0.15) is 0 Å². The van der Waals surface area contributed by atoms with E-state index < -0.39 is 0 Å². The highest BCUT2D eigenvalue weighted by Crippen LogP contribution is 2.20. The van der Waals surface area contributed by atoms with Gasteiger partial charge in [0.2, 0.25) is 5.91 Å². The maximum atomic E-state index is 11.2. The molecule has 1 saturated heterocycles. The predicted octanol–water partition coefficient (Wildman–Crippen LogP) is 0.0782. The Labute approximate surface area is 91.2 Å². The smallest absolute Gasteiger partial charge is 0.234 e. The van der Waals surface area contributed by atoms with Gasteiger partial charge in [-0.05, 0) is 45.2 Å². The molecule has 1 heterocycles. The molecular formula is C11H21N3O. The third-order valence-electron chi connectivity index (χ3n) is 3.29. The first-order valence-electron chi connectivity index (χ1n) is 6.03. The van der Waals surface area contributed by atoms with Gasteiger partial charge in [0.15, 0.2) is 0 Å². The molecule has 1 aliphatic carbocycles. The lowest BCUT2D eigenvalue weighted by atomic mass is 10.2. The molecule has 2 rings (SSSR count). The number of amides is 1. The van der Waals surface area contributed by atoms with Crippen LogP contribution in [0.4, 0.5) is 0 Å². The molecule has 1 amide bonds. The van der Waals surface area contributed by atoms with Crippen LogP contribution in [0, 0.1) is 0 Å². The second-order valence-corrected chi connectivity index (χ2v) is 4.73. The molecule has 0 aromatic rings. The SMILES string of the molecule is NC(=O)C(CCN1CCCC1)NC1CC1. The van der Waals surface area contributed by atoms with E-state index in [4.69, 9.17) is 5.73 Å². The summed E-state index contributed by atoms with van der Waals surface area (Å²) in [5, 5.41) is 3.31. The number of nitrogens with one attached hydrogen (secondary N) is 1. The zero-order chi connectivity index (χ0) is 10.7. The molecule has 0 spiro atoms. The normalized spacial score (nSPS) is 24.3. The Kier molecular flexibility index (Phi) is 3.59. The van der Waals surface area contributed by atoms with Crippen molar-refractivity contribution in [2.24, 2.45) is 5.73 Å². The molecule has 2 fully saturated rings. The van der Waals surface area contributed by atoms with Crippen molar-refractivity contribution in [1.29, 1.82) is 0 Å². The molecule has 0 radical (unpaired) electrons. The zero-order valence-corrected chi connectivity index (χ0v) is 9.24. The Bertz CT molecular complexity index is 222. The number of nitrogens with zero attached hydrogens (tertiary/aromatic N) is 1. The van der Waals surface area contributed by atoms with Crippen LogP contribution < -0.4 is 11.1 Å². The maximum absolute atomic E-state index is 11.2. The van der Waals surface area contributed by atoms with Gasteiger partial charge in [0.1, 0.15) is 0 Å². The predicted molar refractivity (Wildman–Crippen MR) is 59.4 cm³/mol. The first kappa shape index (κ1) is 10.9. The van der Waals surface area contributed by atoms with Crippen LogP contribution in [-0.2, 0) is 4.79 Å². The quantitative estimate of drug-likeness (QED) is 0.654. The molecule has 86 valence electrons. The van der Waals surface area contributed by atoms with Gasteiger partial charge in [0.25, 0.3) is 0 Å². The fraction of sp³-hybridized carbons (Fsp3) is 0.909. The lowest BCUT2D eigenvalue weighted by Gasteiger charge is -2.19. The second-order valence-electron chi connectivity index (χ2n) is 4.73. The summed E-state index contributed by atoms with van der Waals surface area (Å²) >= 11 is 0. The van der Waals surface area contributed by atoms with Crippen LogP contribution in [0.3, 0.4) is 0 Å². The average molecular weight is 211 g/mol. The van der Waals surface area contributed by atoms with E-state index in [1.807, 2.05) is 0 Å². The van der Waals surface area contributed by atoms with Crippen molar-refractivity contribution < 1.29 is 4.79 Å². The highest BCUT2D eigenvalue weighted by atomic mass is 16.1. The van der Waals surface area contributed by atoms with E-state index in [1.54, 1.807) is 0 Å². The molecular weight excluding hydrogens is 190 g/mol. The molecule has 15 heavy (non-hydrogen) atoms. The van der Waals surface area contributed by atoms with Crippen molar-refractivity contribution in [2.45, 2.75) is 44.2 Å². The first-order chi connectivity index (χ1) is 7.25. The number of hydrogen-bond acceptors (Lipinski definition) is 3. The number of likely N-dealkylation sites (tertiary alicyclic amines) is 1.